The Balaban J connectivity index is 1.65. The summed E-state index contributed by atoms with van der Waals surface area (Å²) >= 11 is 0. The maximum atomic E-state index is 11.9. The van der Waals surface area contributed by atoms with Crippen molar-refractivity contribution in [2.75, 3.05) is 0 Å². The van der Waals surface area contributed by atoms with Crippen LogP contribution in [0, 0.1) is 46.8 Å². The van der Waals surface area contributed by atoms with E-state index >= 15 is 0 Å². The van der Waals surface area contributed by atoms with Crippen molar-refractivity contribution < 1.29 is 9.90 Å². The monoisotopic (exact) mass is 326 g/mol. The molecule has 1 N–H and O–H groups in total. The Bertz CT molecular complexity index is 626. The SMILES string of the molecule is C#C[C@H](O)[C@H]1CC[C@H]2[C@@H]3CCC4=CC(=O)CC[C@]4(C)[C@H]3CC[C@]12C. The molecule has 3 saturated carbocycles. The van der Waals surface area contributed by atoms with Crippen molar-refractivity contribution in [1.82, 2.24) is 0 Å². The highest BCUT2D eigenvalue weighted by atomic mass is 16.3. The first kappa shape index (κ1) is 16.4. The lowest BCUT2D eigenvalue weighted by Crippen LogP contribution is -2.51. The summed E-state index contributed by atoms with van der Waals surface area (Å²) in [4.78, 5) is 11.9. The van der Waals surface area contributed by atoms with Crippen LogP contribution in [0.1, 0.15) is 65.2 Å². The zero-order valence-electron chi connectivity index (χ0n) is 15.1. The maximum absolute atomic E-state index is 11.9. The predicted octanol–water partition coefficient (Wildman–Crippen LogP) is 4.13. The molecule has 0 unspecified atom stereocenters. The van der Waals surface area contributed by atoms with E-state index in [-0.39, 0.29) is 16.7 Å². The van der Waals surface area contributed by atoms with Gasteiger partial charge in [-0.1, -0.05) is 25.3 Å². The first-order valence-corrected chi connectivity index (χ1v) is 9.78. The number of ketones is 1. The van der Waals surface area contributed by atoms with Gasteiger partial charge in [0.2, 0.25) is 0 Å². The standard InChI is InChI=1S/C22H30O2/c1-4-20(24)19-8-7-17-16-6-5-14-13-15(23)9-11-21(14,2)18(16)10-12-22(17,19)3/h1,13,16-20,24H,5-12H2,2-3H3/t16-,17-,18-,19+,20-,21-,22-/m0/s1. The summed E-state index contributed by atoms with van der Waals surface area (Å²) < 4.78 is 0. The van der Waals surface area contributed by atoms with Gasteiger partial charge in [0, 0.05) is 12.3 Å². The molecule has 0 spiro atoms. The van der Waals surface area contributed by atoms with Crippen molar-refractivity contribution in [2.24, 2.45) is 34.5 Å². The molecule has 3 fully saturated rings. The van der Waals surface area contributed by atoms with Gasteiger partial charge >= 0.3 is 0 Å². The zero-order valence-corrected chi connectivity index (χ0v) is 15.1. The third-order valence-corrected chi connectivity index (χ3v) is 8.59. The van der Waals surface area contributed by atoms with Crippen LogP contribution in [0.4, 0.5) is 0 Å². The van der Waals surface area contributed by atoms with Crippen LogP contribution in [0.2, 0.25) is 0 Å². The quantitative estimate of drug-likeness (QED) is 0.736. The Morgan fingerprint density at radius 3 is 2.71 bits per heavy atom. The first-order valence-electron chi connectivity index (χ1n) is 9.78. The Kier molecular flexibility index (Phi) is 3.73. The van der Waals surface area contributed by atoms with Crippen molar-refractivity contribution in [3.05, 3.63) is 11.6 Å². The van der Waals surface area contributed by atoms with Gasteiger partial charge in [-0.15, -0.1) is 6.42 Å². The Hall–Kier alpha value is -1.07. The summed E-state index contributed by atoms with van der Waals surface area (Å²) in [5.74, 6) is 5.36. The summed E-state index contributed by atoms with van der Waals surface area (Å²) in [5, 5.41) is 10.3. The van der Waals surface area contributed by atoms with Gasteiger partial charge in [0.05, 0.1) is 0 Å². The molecule has 4 aliphatic carbocycles. The number of fused-ring (bicyclic) bond motifs is 5. The lowest BCUT2D eigenvalue weighted by Gasteiger charge is -2.58. The second-order valence-electron chi connectivity index (χ2n) is 9.31. The molecule has 130 valence electrons. The summed E-state index contributed by atoms with van der Waals surface area (Å²) in [6.07, 6.45) is 15.7. The van der Waals surface area contributed by atoms with Crippen molar-refractivity contribution in [3.8, 4) is 12.3 Å². The molecule has 4 aliphatic rings. The molecule has 0 radical (unpaired) electrons. The summed E-state index contributed by atoms with van der Waals surface area (Å²) in [5.41, 5.74) is 1.87. The van der Waals surface area contributed by atoms with E-state index in [2.05, 4.69) is 19.8 Å². The molecule has 2 heteroatoms. The van der Waals surface area contributed by atoms with Crippen LogP contribution in [0.5, 0.6) is 0 Å². The van der Waals surface area contributed by atoms with E-state index in [0.717, 1.165) is 31.6 Å². The summed E-state index contributed by atoms with van der Waals surface area (Å²) in [7, 11) is 0. The zero-order chi connectivity index (χ0) is 17.1. The molecule has 0 aromatic carbocycles. The fraction of sp³-hybridized carbons (Fsp3) is 0.773. The highest BCUT2D eigenvalue weighted by molar-refractivity contribution is 5.91. The minimum Gasteiger partial charge on any atom is -0.380 e. The Labute approximate surface area is 146 Å². The number of hydrogen-bond acceptors (Lipinski definition) is 2. The molecular weight excluding hydrogens is 296 g/mol. The van der Waals surface area contributed by atoms with Gasteiger partial charge in [0.1, 0.15) is 6.10 Å². The van der Waals surface area contributed by atoms with Gasteiger partial charge in [-0.05, 0) is 79.6 Å². The van der Waals surface area contributed by atoms with E-state index in [1.807, 2.05) is 6.08 Å². The molecule has 2 nitrogen and oxygen atoms in total. The number of aliphatic hydroxyl groups excluding tert-OH is 1. The number of hydrogen-bond donors (Lipinski definition) is 1. The van der Waals surface area contributed by atoms with Crippen LogP contribution < -0.4 is 0 Å². The molecule has 0 bridgehead atoms. The lowest BCUT2D eigenvalue weighted by atomic mass is 9.46. The van der Waals surface area contributed by atoms with Gasteiger partial charge in [0.25, 0.3) is 0 Å². The molecule has 0 heterocycles. The molecule has 24 heavy (non-hydrogen) atoms. The number of carbonyl (C=O) groups is 1. The molecule has 0 aromatic heterocycles. The lowest BCUT2D eigenvalue weighted by molar-refractivity contribution is -0.117. The highest BCUT2D eigenvalue weighted by Crippen LogP contribution is 2.66. The second-order valence-corrected chi connectivity index (χ2v) is 9.31. The van der Waals surface area contributed by atoms with Gasteiger partial charge < -0.3 is 5.11 Å². The van der Waals surface area contributed by atoms with Crippen LogP contribution in [0.15, 0.2) is 11.6 Å². The number of aliphatic hydroxyl groups is 1. The van der Waals surface area contributed by atoms with Crippen LogP contribution in [-0.4, -0.2) is 17.0 Å². The van der Waals surface area contributed by atoms with Crippen molar-refractivity contribution in [1.29, 1.82) is 0 Å². The van der Waals surface area contributed by atoms with Gasteiger partial charge in [-0.25, -0.2) is 0 Å². The molecule has 4 rings (SSSR count). The number of terminal acetylenes is 1. The number of allylic oxidation sites excluding steroid dienone is 1. The van der Waals surface area contributed by atoms with Crippen LogP contribution >= 0.6 is 0 Å². The average Bonchev–Trinajstić information content (AvgIpc) is 2.92. The molecule has 7 atom stereocenters. The minimum absolute atomic E-state index is 0.203. The second kappa shape index (κ2) is 5.46. The van der Waals surface area contributed by atoms with Gasteiger partial charge in [0.15, 0.2) is 5.78 Å². The van der Waals surface area contributed by atoms with Crippen molar-refractivity contribution >= 4 is 5.78 Å². The minimum atomic E-state index is -0.585. The molecule has 0 aromatic rings. The fourth-order valence-corrected chi connectivity index (χ4v) is 7.23. The van der Waals surface area contributed by atoms with E-state index in [4.69, 9.17) is 6.42 Å². The topological polar surface area (TPSA) is 37.3 Å². The largest absolute Gasteiger partial charge is 0.380 e. The van der Waals surface area contributed by atoms with E-state index in [9.17, 15) is 9.90 Å². The van der Waals surface area contributed by atoms with E-state index in [0.29, 0.717) is 17.6 Å². The van der Waals surface area contributed by atoms with Crippen LogP contribution in [0.25, 0.3) is 0 Å². The summed E-state index contributed by atoms with van der Waals surface area (Å²) in [6.45, 7) is 4.82. The normalized spacial score (nSPS) is 48.6. The summed E-state index contributed by atoms with van der Waals surface area (Å²) in [6, 6.07) is 0. The molecule has 0 aliphatic heterocycles. The van der Waals surface area contributed by atoms with Gasteiger partial charge in [-0.3, -0.25) is 4.79 Å². The van der Waals surface area contributed by atoms with Crippen molar-refractivity contribution in [3.63, 3.8) is 0 Å². The third kappa shape index (κ3) is 2.10. The van der Waals surface area contributed by atoms with Gasteiger partial charge in [-0.2, -0.15) is 0 Å². The fourth-order valence-electron chi connectivity index (χ4n) is 7.23. The highest BCUT2D eigenvalue weighted by Gasteiger charge is 2.59. The molecule has 0 amide bonds. The Morgan fingerprint density at radius 2 is 1.96 bits per heavy atom. The predicted molar refractivity (Wildman–Crippen MR) is 95.0 cm³/mol. The van der Waals surface area contributed by atoms with E-state index < -0.39 is 6.10 Å². The maximum Gasteiger partial charge on any atom is 0.155 e. The van der Waals surface area contributed by atoms with E-state index in [1.165, 1.54) is 31.3 Å². The molecule has 0 saturated heterocycles. The number of carbonyl (C=O) groups excluding carboxylic acids is 1. The van der Waals surface area contributed by atoms with Crippen LogP contribution in [0.3, 0.4) is 0 Å². The smallest absolute Gasteiger partial charge is 0.155 e. The molecular formula is C22H30O2. The average molecular weight is 326 g/mol. The first-order chi connectivity index (χ1) is 11.4. The van der Waals surface area contributed by atoms with E-state index in [1.54, 1.807) is 0 Å². The number of rotatable bonds is 1. The third-order valence-electron chi connectivity index (χ3n) is 8.59. The van der Waals surface area contributed by atoms with Crippen LogP contribution in [-0.2, 0) is 4.79 Å². The Morgan fingerprint density at radius 1 is 1.17 bits per heavy atom. The van der Waals surface area contributed by atoms with Crippen molar-refractivity contribution in [2.45, 2.75) is 71.3 Å².